The van der Waals surface area contributed by atoms with Gasteiger partial charge in [0.1, 0.15) is 29.4 Å². The Hall–Kier alpha value is -4.10. The van der Waals surface area contributed by atoms with Gasteiger partial charge in [-0.05, 0) is 46.3 Å². The fraction of sp³-hybridized carbons (Fsp3) is 0.190. The summed E-state index contributed by atoms with van der Waals surface area (Å²) in [4.78, 5) is 7.67. The quantitative estimate of drug-likeness (QED) is 0.338. The van der Waals surface area contributed by atoms with Gasteiger partial charge >= 0.3 is 6.36 Å². The smallest absolute Gasteiger partial charge is 0.406 e. The molecule has 0 amide bonds. The first-order valence-electron chi connectivity index (χ1n) is 9.75. The largest absolute Gasteiger partial charge is 0.573 e. The van der Waals surface area contributed by atoms with Crippen molar-refractivity contribution >= 4 is 0 Å². The topological polar surface area (TPSA) is 78.6 Å². The molecule has 1 atom stereocenters. The number of ether oxygens (including phenoxy) is 1. The standard InChI is InChI=1S/C21H13F7N6O/c22-13-3-6-15(17(23)7-13)16(10-34-11-31-32-33-34)20(24,25)19-9-29-18(8-30-19)12-1-4-14(5-2-12)35-21(26,27)28/h1-9,11,16H,10H2. The van der Waals surface area contributed by atoms with E-state index in [0.717, 1.165) is 47.7 Å². The molecule has 1 unspecified atom stereocenters. The number of rotatable bonds is 7. The molecule has 2 aromatic heterocycles. The van der Waals surface area contributed by atoms with E-state index in [1.807, 2.05) is 0 Å². The molecule has 0 saturated carbocycles. The molecule has 7 nitrogen and oxygen atoms in total. The maximum absolute atomic E-state index is 15.6. The number of hydrogen-bond donors (Lipinski definition) is 0. The first kappa shape index (κ1) is 24.0. The molecule has 0 spiro atoms. The monoisotopic (exact) mass is 498 g/mol. The molecule has 4 rings (SSSR count). The molecule has 14 heteroatoms. The molecular formula is C21H13F7N6O. The Morgan fingerprint density at radius 3 is 2.23 bits per heavy atom. The lowest BCUT2D eigenvalue weighted by Gasteiger charge is -2.26. The van der Waals surface area contributed by atoms with Crippen LogP contribution in [0.4, 0.5) is 30.7 Å². The van der Waals surface area contributed by atoms with E-state index in [0.29, 0.717) is 6.07 Å². The number of alkyl halides is 5. The van der Waals surface area contributed by atoms with Crippen molar-refractivity contribution in [1.82, 2.24) is 30.2 Å². The molecule has 0 N–H and O–H groups in total. The zero-order valence-corrected chi connectivity index (χ0v) is 17.3. The number of hydrogen-bond acceptors (Lipinski definition) is 6. The Morgan fingerprint density at radius 1 is 0.914 bits per heavy atom. The molecule has 0 saturated heterocycles. The molecule has 0 fully saturated rings. The van der Waals surface area contributed by atoms with Crippen LogP contribution in [0, 0.1) is 11.6 Å². The van der Waals surface area contributed by atoms with Crippen LogP contribution in [0.25, 0.3) is 11.3 Å². The summed E-state index contributed by atoms with van der Waals surface area (Å²) in [6, 6.07) is 6.80. The van der Waals surface area contributed by atoms with Crippen LogP contribution in [-0.2, 0) is 12.5 Å². The van der Waals surface area contributed by atoms with Gasteiger partial charge in [-0.3, -0.25) is 9.97 Å². The van der Waals surface area contributed by atoms with Crippen LogP contribution >= 0.6 is 0 Å². The van der Waals surface area contributed by atoms with E-state index < -0.39 is 53.4 Å². The third-order valence-corrected chi connectivity index (χ3v) is 4.91. The third kappa shape index (κ3) is 5.53. The zero-order chi connectivity index (χ0) is 25.2. The summed E-state index contributed by atoms with van der Waals surface area (Å²) in [6.45, 7) is -0.563. The predicted octanol–water partition coefficient (Wildman–Crippen LogP) is 4.88. The Morgan fingerprint density at radius 2 is 1.66 bits per heavy atom. The third-order valence-electron chi connectivity index (χ3n) is 4.91. The molecule has 0 aliphatic heterocycles. The summed E-state index contributed by atoms with van der Waals surface area (Å²) in [5, 5.41) is 10.3. The highest BCUT2D eigenvalue weighted by molar-refractivity contribution is 5.59. The van der Waals surface area contributed by atoms with Crippen molar-refractivity contribution in [3.8, 4) is 17.0 Å². The van der Waals surface area contributed by atoms with Crippen molar-refractivity contribution < 1.29 is 35.5 Å². The lowest BCUT2D eigenvalue weighted by Crippen LogP contribution is -2.30. The van der Waals surface area contributed by atoms with E-state index in [1.165, 1.54) is 12.1 Å². The van der Waals surface area contributed by atoms with Gasteiger partial charge in [0, 0.05) is 11.6 Å². The highest BCUT2D eigenvalue weighted by atomic mass is 19.4. The summed E-state index contributed by atoms with van der Waals surface area (Å²) in [5.41, 5.74) is -0.928. The Balaban J connectivity index is 1.63. The lowest BCUT2D eigenvalue weighted by molar-refractivity contribution is -0.274. The highest BCUT2D eigenvalue weighted by Gasteiger charge is 2.45. The first-order valence-corrected chi connectivity index (χ1v) is 9.75. The van der Waals surface area contributed by atoms with Gasteiger partial charge in [-0.25, -0.2) is 13.5 Å². The molecule has 0 aliphatic carbocycles. The SMILES string of the molecule is Fc1ccc(C(Cn2cnnn2)C(F)(F)c2cnc(-c3ccc(OC(F)(F)F)cc3)cn2)c(F)c1. The number of aromatic nitrogens is 6. The van der Waals surface area contributed by atoms with Crippen LogP contribution in [0.15, 0.2) is 61.2 Å². The van der Waals surface area contributed by atoms with Crippen molar-refractivity contribution in [2.45, 2.75) is 24.7 Å². The maximum atomic E-state index is 15.6. The normalized spacial score (nSPS) is 13.0. The summed E-state index contributed by atoms with van der Waals surface area (Å²) in [6.07, 6.45) is -2.04. The Labute approximate surface area is 192 Å². The maximum Gasteiger partial charge on any atom is 0.573 e. The molecule has 2 aromatic carbocycles. The average molecular weight is 498 g/mol. The summed E-state index contributed by atoms with van der Waals surface area (Å²) in [7, 11) is 0. The Kier molecular flexibility index (Phi) is 6.37. The number of benzene rings is 2. The van der Waals surface area contributed by atoms with Crippen molar-refractivity contribution in [2.24, 2.45) is 0 Å². The number of nitrogens with zero attached hydrogens (tertiary/aromatic N) is 6. The zero-order valence-electron chi connectivity index (χ0n) is 17.3. The average Bonchev–Trinajstić information content (AvgIpc) is 3.31. The van der Waals surface area contributed by atoms with Crippen molar-refractivity contribution in [2.75, 3.05) is 0 Å². The fourth-order valence-corrected chi connectivity index (χ4v) is 3.30. The molecule has 35 heavy (non-hydrogen) atoms. The van der Waals surface area contributed by atoms with E-state index in [9.17, 15) is 22.0 Å². The second-order valence-electron chi connectivity index (χ2n) is 7.23. The molecule has 0 aliphatic rings. The van der Waals surface area contributed by atoms with Crippen LogP contribution in [0.5, 0.6) is 5.75 Å². The van der Waals surface area contributed by atoms with Crippen molar-refractivity contribution in [3.05, 3.63) is 84.1 Å². The van der Waals surface area contributed by atoms with E-state index >= 15 is 8.78 Å². The van der Waals surface area contributed by atoms with Gasteiger partial charge in [0.25, 0.3) is 5.92 Å². The van der Waals surface area contributed by atoms with E-state index in [4.69, 9.17) is 0 Å². The molecule has 4 aromatic rings. The van der Waals surface area contributed by atoms with E-state index in [2.05, 4.69) is 30.2 Å². The van der Waals surface area contributed by atoms with Crippen molar-refractivity contribution in [1.29, 1.82) is 0 Å². The molecule has 182 valence electrons. The van der Waals surface area contributed by atoms with Gasteiger partial charge < -0.3 is 4.74 Å². The summed E-state index contributed by atoms with van der Waals surface area (Å²) >= 11 is 0. The first-order chi connectivity index (χ1) is 16.5. The van der Waals surface area contributed by atoms with Gasteiger partial charge in [-0.1, -0.05) is 6.07 Å². The fourth-order valence-electron chi connectivity index (χ4n) is 3.30. The van der Waals surface area contributed by atoms with Crippen LogP contribution in [0.2, 0.25) is 0 Å². The van der Waals surface area contributed by atoms with Crippen LogP contribution in [0.3, 0.4) is 0 Å². The Bertz CT molecular complexity index is 1280. The predicted molar refractivity (Wildman–Crippen MR) is 105 cm³/mol. The van der Waals surface area contributed by atoms with Crippen molar-refractivity contribution in [3.63, 3.8) is 0 Å². The second-order valence-corrected chi connectivity index (χ2v) is 7.23. The van der Waals surface area contributed by atoms with Crippen LogP contribution < -0.4 is 4.74 Å². The van der Waals surface area contributed by atoms with Crippen LogP contribution in [-0.4, -0.2) is 36.5 Å². The van der Waals surface area contributed by atoms with E-state index in [-0.39, 0.29) is 11.3 Å². The molecule has 0 radical (unpaired) electrons. The van der Waals surface area contributed by atoms with Crippen LogP contribution in [0.1, 0.15) is 17.2 Å². The second kappa shape index (κ2) is 9.27. The number of tetrazole rings is 1. The number of halogens is 7. The molecular weight excluding hydrogens is 485 g/mol. The van der Waals surface area contributed by atoms with Gasteiger partial charge in [0.05, 0.1) is 30.6 Å². The minimum atomic E-state index is -4.86. The van der Waals surface area contributed by atoms with E-state index in [1.54, 1.807) is 0 Å². The van der Waals surface area contributed by atoms with Gasteiger partial charge in [0.15, 0.2) is 0 Å². The highest BCUT2D eigenvalue weighted by Crippen LogP contribution is 2.43. The lowest BCUT2D eigenvalue weighted by atomic mass is 9.90. The minimum Gasteiger partial charge on any atom is -0.406 e. The van der Waals surface area contributed by atoms with Gasteiger partial charge in [-0.2, -0.15) is 8.78 Å². The molecule has 2 heterocycles. The van der Waals surface area contributed by atoms with Gasteiger partial charge in [0.2, 0.25) is 0 Å². The van der Waals surface area contributed by atoms with Gasteiger partial charge in [-0.15, -0.1) is 18.3 Å². The minimum absolute atomic E-state index is 0.0908. The molecule has 0 bridgehead atoms. The summed E-state index contributed by atoms with van der Waals surface area (Å²) in [5.74, 6) is -8.28. The summed E-state index contributed by atoms with van der Waals surface area (Å²) < 4.78 is 101.